The van der Waals surface area contributed by atoms with Crippen molar-refractivity contribution in [3.05, 3.63) is 29.8 Å². The fraction of sp³-hybridized carbons (Fsp3) is 0.562. The molecule has 0 aromatic heterocycles. The average Bonchev–Trinajstić information content (AvgIpc) is 2.13. The molecular weight excluding hydrogens is 222 g/mol. The van der Waals surface area contributed by atoms with E-state index in [1.165, 1.54) is 5.56 Å². The quantitative estimate of drug-likeness (QED) is 0.730. The topological polar surface area (TPSA) is 20.3 Å². The Morgan fingerprint density at radius 1 is 0.944 bits per heavy atom. The molecule has 0 fully saturated rings. The number of hydrogen-bond donors (Lipinski definition) is 0. The second-order valence-electron chi connectivity index (χ2n) is 6.82. The van der Waals surface area contributed by atoms with E-state index in [0.717, 1.165) is 5.69 Å². The summed E-state index contributed by atoms with van der Waals surface area (Å²) in [6.07, 6.45) is 0. The third-order valence-corrected chi connectivity index (χ3v) is 2.98. The van der Waals surface area contributed by atoms with Gasteiger partial charge in [0.2, 0.25) is 5.91 Å². The van der Waals surface area contributed by atoms with Crippen molar-refractivity contribution >= 4 is 11.6 Å². The van der Waals surface area contributed by atoms with Crippen molar-refractivity contribution in [3.63, 3.8) is 0 Å². The molecule has 0 spiro atoms. The minimum atomic E-state index is -0.199. The Bertz CT molecular complexity index is 418. The lowest BCUT2D eigenvalue weighted by atomic mass is 9.87. The van der Waals surface area contributed by atoms with Crippen molar-refractivity contribution in [2.24, 2.45) is 0 Å². The van der Waals surface area contributed by atoms with Crippen LogP contribution in [0.25, 0.3) is 0 Å². The lowest BCUT2D eigenvalue weighted by Gasteiger charge is -2.35. The number of anilines is 1. The maximum atomic E-state index is 11.8. The van der Waals surface area contributed by atoms with Gasteiger partial charge in [-0.2, -0.15) is 0 Å². The first-order chi connectivity index (χ1) is 8.03. The van der Waals surface area contributed by atoms with E-state index in [-0.39, 0.29) is 16.9 Å². The van der Waals surface area contributed by atoms with E-state index < -0.39 is 0 Å². The molecule has 0 unspecified atom stereocenters. The van der Waals surface area contributed by atoms with Gasteiger partial charge in [-0.15, -0.1) is 0 Å². The summed E-state index contributed by atoms with van der Waals surface area (Å²) < 4.78 is 0. The van der Waals surface area contributed by atoms with E-state index in [1.54, 1.807) is 6.92 Å². The van der Waals surface area contributed by atoms with Crippen LogP contribution < -0.4 is 4.90 Å². The average molecular weight is 247 g/mol. The van der Waals surface area contributed by atoms with Crippen LogP contribution in [-0.4, -0.2) is 11.4 Å². The first-order valence-electron chi connectivity index (χ1n) is 6.45. The molecular formula is C16H25NO. The summed E-state index contributed by atoms with van der Waals surface area (Å²) in [5, 5.41) is 0. The molecule has 0 aliphatic carbocycles. The van der Waals surface area contributed by atoms with Gasteiger partial charge in [-0.05, 0) is 43.9 Å². The number of nitrogens with zero attached hydrogens (tertiary/aromatic N) is 1. The number of benzene rings is 1. The molecule has 0 radical (unpaired) electrons. The first-order valence-corrected chi connectivity index (χ1v) is 6.45. The van der Waals surface area contributed by atoms with Gasteiger partial charge in [-0.1, -0.05) is 32.9 Å². The van der Waals surface area contributed by atoms with Crippen LogP contribution in [-0.2, 0) is 10.2 Å². The fourth-order valence-electron chi connectivity index (χ4n) is 2.15. The van der Waals surface area contributed by atoms with Crippen molar-refractivity contribution in [2.75, 3.05) is 4.90 Å². The maximum absolute atomic E-state index is 11.8. The van der Waals surface area contributed by atoms with E-state index in [0.29, 0.717) is 0 Å². The smallest absolute Gasteiger partial charge is 0.224 e. The molecule has 0 saturated heterocycles. The highest BCUT2D eigenvalue weighted by atomic mass is 16.2. The van der Waals surface area contributed by atoms with E-state index >= 15 is 0 Å². The van der Waals surface area contributed by atoms with Crippen LogP contribution in [0, 0.1) is 0 Å². The Labute approximate surface area is 111 Å². The summed E-state index contributed by atoms with van der Waals surface area (Å²) >= 11 is 0. The van der Waals surface area contributed by atoms with Crippen LogP contribution in [0.1, 0.15) is 54.0 Å². The first kappa shape index (κ1) is 14.7. The molecule has 0 N–H and O–H groups in total. The number of amides is 1. The minimum absolute atomic E-state index is 0.0750. The van der Waals surface area contributed by atoms with Crippen molar-refractivity contribution in [3.8, 4) is 0 Å². The molecule has 100 valence electrons. The lowest BCUT2D eigenvalue weighted by Crippen LogP contribution is -2.44. The Balaban J connectivity index is 3.14. The molecule has 0 aliphatic heterocycles. The summed E-state index contributed by atoms with van der Waals surface area (Å²) in [7, 11) is 0. The van der Waals surface area contributed by atoms with Gasteiger partial charge in [0.05, 0.1) is 0 Å². The lowest BCUT2D eigenvalue weighted by molar-refractivity contribution is -0.117. The molecule has 0 saturated carbocycles. The normalized spacial score (nSPS) is 12.4. The van der Waals surface area contributed by atoms with Crippen LogP contribution >= 0.6 is 0 Å². The van der Waals surface area contributed by atoms with Gasteiger partial charge in [0.25, 0.3) is 0 Å². The van der Waals surface area contributed by atoms with Crippen LogP contribution in [0.5, 0.6) is 0 Å². The zero-order valence-electron chi connectivity index (χ0n) is 12.7. The van der Waals surface area contributed by atoms with Crippen LogP contribution in [0.3, 0.4) is 0 Å². The number of carbonyl (C=O) groups excluding carboxylic acids is 1. The third kappa shape index (κ3) is 3.34. The molecule has 0 bridgehead atoms. The predicted molar refractivity (Wildman–Crippen MR) is 78.1 cm³/mol. The molecule has 18 heavy (non-hydrogen) atoms. The van der Waals surface area contributed by atoms with E-state index in [9.17, 15) is 4.79 Å². The largest absolute Gasteiger partial charge is 0.307 e. The Morgan fingerprint density at radius 2 is 1.39 bits per heavy atom. The molecule has 1 aromatic rings. The van der Waals surface area contributed by atoms with Crippen molar-refractivity contribution in [1.82, 2.24) is 0 Å². The SMILES string of the molecule is CC(=O)N(c1ccc(C(C)(C)C)cc1)C(C)(C)C. The van der Waals surface area contributed by atoms with Gasteiger partial charge in [0, 0.05) is 18.2 Å². The van der Waals surface area contributed by atoms with Gasteiger partial charge in [-0.25, -0.2) is 0 Å². The fourth-order valence-corrected chi connectivity index (χ4v) is 2.15. The standard InChI is InChI=1S/C16H25NO/c1-12(18)17(16(5,6)7)14-10-8-13(9-11-14)15(2,3)4/h8-11H,1-7H3. The Morgan fingerprint density at radius 3 is 1.67 bits per heavy atom. The van der Waals surface area contributed by atoms with Gasteiger partial charge in [0.15, 0.2) is 0 Å². The predicted octanol–water partition coefficient (Wildman–Crippen LogP) is 4.14. The summed E-state index contributed by atoms with van der Waals surface area (Å²) in [5.41, 5.74) is 2.18. The minimum Gasteiger partial charge on any atom is -0.307 e. The summed E-state index contributed by atoms with van der Waals surface area (Å²) in [5.74, 6) is 0.0750. The van der Waals surface area contributed by atoms with Gasteiger partial charge in [0.1, 0.15) is 0 Å². The van der Waals surface area contributed by atoms with Crippen LogP contribution in [0.15, 0.2) is 24.3 Å². The van der Waals surface area contributed by atoms with Gasteiger partial charge < -0.3 is 4.90 Å². The molecule has 1 rings (SSSR count). The number of rotatable bonds is 1. The Kier molecular flexibility index (Phi) is 3.89. The second-order valence-corrected chi connectivity index (χ2v) is 6.82. The zero-order chi connectivity index (χ0) is 14.1. The van der Waals surface area contributed by atoms with Crippen LogP contribution in [0.2, 0.25) is 0 Å². The highest BCUT2D eigenvalue weighted by Gasteiger charge is 2.25. The molecule has 0 atom stereocenters. The van der Waals surface area contributed by atoms with Crippen molar-refractivity contribution in [1.29, 1.82) is 0 Å². The monoisotopic (exact) mass is 247 g/mol. The molecule has 0 aliphatic rings. The molecule has 0 heterocycles. The van der Waals surface area contributed by atoms with E-state index in [1.807, 2.05) is 37.8 Å². The van der Waals surface area contributed by atoms with Crippen molar-refractivity contribution < 1.29 is 4.79 Å². The molecule has 1 amide bonds. The highest BCUT2D eigenvalue weighted by Crippen LogP contribution is 2.28. The molecule has 1 aromatic carbocycles. The molecule has 2 nitrogen and oxygen atoms in total. The highest BCUT2D eigenvalue weighted by molar-refractivity contribution is 5.92. The summed E-state index contributed by atoms with van der Waals surface area (Å²) in [4.78, 5) is 13.6. The summed E-state index contributed by atoms with van der Waals surface area (Å²) in [6.45, 7) is 14.3. The van der Waals surface area contributed by atoms with E-state index in [4.69, 9.17) is 0 Å². The van der Waals surface area contributed by atoms with E-state index in [2.05, 4.69) is 32.9 Å². The Hall–Kier alpha value is -1.31. The van der Waals surface area contributed by atoms with Gasteiger partial charge in [-0.3, -0.25) is 4.79 Å². The van der Waals surface area contributed by atoms with Crippen molar-refractivity contribution in [2.45, 2.75) is 59.4 Å². The van der Waals surface area contributed by atoms with Gasteiger partial charge >= 0.3 is 0 Å². The third-order valence-electron chi connectivity index (χ3n) is 2.98. The zero-order valence-corrected chi connectivity index (χ0v) is 12.7. The number of hydrogen-bond acceptors (Lipinski definition) is 1. The summed E-state index contributed by atoms with van der Waals surface area (Å²) in [6, 6.07) is 8.29. The second kappa shape index (κ2) is 4.75. The maximum Gasteiger partial charge on any atom is 0.224 e. The number of carbonyl (C=O) groups is 1. The van der Waals surface area contributed by atoms with Crippen LogP contribution in [0.4, 0.5) is 5.69 Å². The molecule has 2 heteroatoms.